The van der Waals surface area contributed by atoms with Crippen molar-refractivity contribution in [2.24, 2.45) is 0 Å². The highest BCUT2D eigenvalue weighted by atomic mass is 14.7. The third-order valence-electron chi connectivity index (χ3n) is 4.20. The molecular weight excluding hydrogens is 280 g/mol. The van der Waals surface area contributed by atoms with E-state index in [1.165, 1.54) is 50.5 Å². The van der Waals surface area contributed by atoms with Gasteiger partial charge in [-0.05, 0) is 36.6 Å². The van der Waals surface area contributed by atoms with E-state index in [0.717, 1.165) is 17.7 Å². The summed E-state index contributed by atoms with van der Waals surface area (Å²) in [7, 11) is 0. The zero-order chi connectivity index (χ0) is 16.3. The molecule has 0 aliphatic heterocycles. The van der Waals surface area contributed by atoms with Crippen LogP contribution in [0, 0.1) is 11.3 Å². The Balaban J connectivity index is 1.77. The van der Waals surface area contributed by atoms with Gasteiger partial charge in [-0.3, -0.25) is 4.98 Å². The standard InChI is InChI=1S/C21H26N2/c1-2-3-4-5-6-7-8-9-19-12-15-21(23-17-19)20-13-10-18(16-22)11-14-20/h10-15,17H,2-9H2,1H3. The molecule has 1 heterocycles. The maximum Gasteiger partial charge on any atom is 0.0991 e. The van der Waals surface area contributed by atoms with E-state index in [1.54, 1.807) is 0 Å². The number of pyridine rings is 1. The van der Waals surface area contributed by atoms with Crippen LogP contribution in [0.2, 0.25) is 0 Å². The van der Waals surface area contributed by atoms with Crippen molar-refractivity contribution in [1.82, 2.24) is 4.98 Å². The molecule has 0 amide bonds. The van der Waals surface area contributed by atoms with Crippen LogP contribution >= 0.6 is 0 Å². The quantitative estimate of drug-likeness (QED) is 0.540. The van der Waals surface area contributed by atoms with E-state index in [1.807, 2.05) is 30.5 Å². The second kappa shape index (κ2) is 9.79. The van der Waals surface area contributed by atoms with Crippen LogP contribution in [0.4, 0.5) is 0 Å². The van der Waals surface area contributed by atoms with Gasteiger partial charge in [0.2, 0.25) is 0 Å². The van der Waals surface area contributed by atoms with Gasteiger partial charge < -0.3 is 0 Å². The molecule has 0 unspecified atom stereocenters. The summed E-state index contributed by atoms with van der Waals surface area (Å²) in [5.74, 6) is 0. The predicted octanol–water partition coefficient (Wildman–Crippen LogP) is 5.91. The SMILES string of the molecule is CCCCCCCCCc1ccc(-c2ccc(C#N)cc2)nc1. The van der Waals surface area contributed by atoms with Crippen LogP contribution in [-0.4, -0.2) is 4.98 Å². The molecule has 0 N–H and O–H groups in total. The Labute approximate surface area is 140 Å². The Morgan fingerprint density at radius 3 is 2.17 bits per heavy atom. The van der Waals surface area contributed by atoms with E-state index in [0.29, 0.717) is 5.56 Å². The van der Waals surface area contributed by atoms with Crippen molar-refractivity contribution < 1.29 is 0 Å². The molecule has 0 aliphatic rings. The lowest BCUT2D eigenvalue weighted by Gasteiger charge is -2.04. The lowest BCUT2D eigenvalue weighted by atomic mass is 10.0. The van der Waals surface area contributed by atoms with Crippen LogP contribution in [0.3, 0.4) is 0 Å². The number of nitriles is 1. The lowest BCUT2D eigenvalue weighted by molar-refractivity contribution is 0.589. The molecule has 0 saturated carbocycles. The van der Waals surface area contributed by atoms with E-state index >= 15 is 0 Å². The van der Waals surface area contributed by atoms with Crippen molar-refractivity contribution in [2.75, 3.05) is 0 Å². The van der Waals surface area contributed by atoms with Gasteiger partial charge in [0.1, 0.15) is 0 Å². The lowest BCUT2D eigenvalue weighted by Crippen LogP contribution is -1.90. The number of aryl methyl sites for hydroxylation is 1. The van der Waals surface area contributed by atoms with Crippen molar-refractivity contribution in [3.8, 4) is 17.3 Å². The van der Waals surface area contributed by atoms with Crippen LogP contribution in [-0.2, 0) is 6.42 Å². The maximum absolute atomic E-state index is 8.83. The topological polar surface area (TPSA) is 36.7 Å². The highest BCUT2D eigenvalue weighted by molar-refractivity contribution is 5.60. The van der Waals surface area contributed by atoms with Crippen molar-refractivity contribution in [2.45, 2.75) is 58.3 Å². The van der Waals surface area contributed by atoms with Gasteiger partial charge in [0.25, 0.3) is 0 Å². The number of benzene rings is 1. The Bertz CT molecular complexity index is 606. The van der Waals surface area contributed by atoms with E-state index in [2.05, 4.69) is 30.1 Å². The van der Waals surface area contributed by atoms with Gasteiger partial charge in [-0.25, -0.2) is 0 Å². The molecule has 0 radical (unpaired) electrons. The van der Waals surface area contributed by atoms with Crippen molar-refractivity contribution in [1.29, 1.82) is 5.26 Å². The number of unbranched alkanes of at least 4 members (excludes halogenated alkanes) is 6. The van der Waals surface area contributed by atoms with E-state index < -0.39 is 0 Å². The molecule has 0 aliphatic carbocycles. The van der Waals surface area contributed by atoms with Gasteiger partial charge in [0.05, 0.1) is 17.3 Å². The summed E-state index contributed by atoms with van der Waals surface area (Å²) in [6.45, 7) is 2.26. The van der Waals surface area contributed by atoms with Crippen molar-refractivity contribution in [3.05, 3.63) is 53.7 Å². The van der Waals surface area contributed by atoms with Gasteiger partial charge in [0, 0.05) is 11.8 Å². The molecule has 0 atom stereocenters. The first-order valence-corrected chi connectivity index (χ1v) is 8.79. The molecule has 2 heteroatoms. The van der Waals surface area contributed by atoms with Gasteiger partial charge in [-0.1, -0.05) is 63.6 Å². The van der Waals surface area contributed by atoms with Crippen molar-refractivity contribution in [3.63, 3.8) is 0 Å². The molecule has 0 spiro atoms. The summed E-state index contributed by atoms with van der Waals surface area (Å²) >= 11 is 0. The Kier molecular flexibility index (Phi) is 7.33. The first-order valence-electron chi connectivity index (χ1n) is 8.79. The van der Waals surface area contributed by atoms with Crippen molar-refractivity contribution >= 4 is 0 Å². The molecule has 0 fully saturated rings. The molecule has 1 aromatic heterocycles. The average molecular weight is 306 g/mol. The summed E-state index contributed by atoms with van der Waals surface area (Å²) < 4.78 is 0. The first-order chi connectivity index (χ1) is 11.3. The van der Waals surface area contributed by atoms with Crippen LogP contribution in [0.15, 0.2) is 42.6 Å². The van der Waals surface area contributed by atoms with Crippen LogP contribution < -0.4 is 0 Å². The minimum absolute atomic E-state index is 0.685. The number of aromatic nitrogens is 1. The average Bonchev–Trinajstić information content (AvgIpc) is 2.61. The fourth-order valence-electron chi connectivity index (χ4n) is 2.74. The Morgan fingerprint density at radius 2 is 1.57 bits per heavy atom. The molecule has 0 saturated heterocycles. The first kappa shape index (κ1) is 17.2. The fraction of sp³-hybridized carbons (Fsp3) is 0.429. The van der Waals surface area contributed by atoms with Gasteiger partial charge in [-0.15, -0.1) is 0 Å². The van der Waals surface area contributed by atoms with Crippen LogP contribution in [0.25, 0.3) is 11.3 Å². The normalized spacial score (nSPS) is 10.4. The van der Waals surface area contributed by atoms with Crippen LogP contribution in [0.5, 0.6) is 0 Å². The summed E-state index contributed by atoms with van der Waals surface area (Å²) in [6.07, 6.45) is 12.5. The summed E-state index contributed by atoms with van der Waals surface area (Å²) in [5, 5.41) is 8.83. The van der Waals surface area contributed by atoms with Crippen LogP contribution in [0.1, 0.15) is 63.0 Å². The second-order valence-corrected chi connectivity index (χ2v) is 6.11. The molecule has 0 bridgehead atoms. The third-order valence-corrected chi connectivity index (χ3v) is 4.20. The second-order valence-electron chi connectivity index (χ2n) is 6.11. The minimum atomic E-state index is 0.685. The van der Waals surface area contributed by atoms with E-state index in [-0.39, 0.29) is 0 Å². The summed E-state index contributed by atoms with van der Waals surface area (Å²) in [6, 6.07) is 14.0. The highest BCUT2D eigenvalue weighted by Crippen LogP contribution is 2.18. The van der Waals surface area contributed by atoms with Gasteiger partial charge in [-0.2, -0.15) is 5.26 Å². The predicted molar refractivity (Wildman–Crippen MR) is 96.1 cm³/mol. The zero-order valence-electron chi connectivity index (χ0n) is 14.1. The Morgan fingerprint density at radius 1 is 0.870 bits per heavy atom. The number of rotatable bonds is 9. The number of hydrogen-bond donors (Lipinski definition) is 0. The van der Waals surface area contributed by atoms with E-state index in [4.69, 9.17) is 5.26 Å². The molecule has 120 valence electrons. The smallest absolute Gasteiger partial charge is 0.0991 e. The summed E-state index contributed by atoms with van der Waals surface area (Å²) in [4.78, 5) is 4.56. The Hall–Kier alpha value is -2.14. The van der Waals surface area contributed by atoms with Gasteiger partial charge >= 0.3 is 0 Å². The highest BCUT2D eigenvalue weighted by Gasteiger charge is 2.01. The van der Waals surface area contributed by atoms with E-state index in [9.17, 15) is 0 Å². The largest absolute Gasteiger partial charge is 0.256 e. The monoisotopic (exact) mass is 306 g/mol. The molecule has 1 aromatic carbocycles. The molecule has 2 aromatic rings. The number of hydrogen-bond acceptors (Lipinski definition) is 2. The fourth-order valence-corrected chi connectivity index (χ4v) is 2.74. The zero-order valence-corrected chi connectivity index (χ0v) is 14.1. The molecule has 23 heavy (non-hydrogen) atoms. The molecule has 2 nitrogen and oxygen atoms in total. The molecular formula is C21H26N2. The number of nitrogens with zero attached hydrogens (tertiary/aromatic N) is 2. The maximum atomic E-state index is 8.83. The van der Waals surface area contributed by atoms with Gasteiger partial charge in [0.15, 0.2) is 0 Å². The summed E-state index contributed by atoms with van der Waals surface area (Å²) in [5.41, 5.74) is 4.03. The third kappa shape index (κ3) is 5.87. The molecule has 2 rings (SSSR count). The minimum Gasteiger partial charge on any atom is -0.256 e.